The van der Waals surface area contributed by atoms with Gasteiger partial charge in [0.05, 0.1) is 12.1 Å². The van der Waals surface area contributed by atoms with Crippen LogP contribution in [0.4, 0.5) is 0 Å². The molecule has 0 aliphatic heterocycles. The third-order valence-corrected chi connectivity index (χ3v) is 4.39. The highest BCUT2D eigenvalue weighted by atomic mass is 16.3. The van der Waals surface area contributed by atoms with E-state index in [9.17, 15) is 9.90 Å². The fraction of sp³-hybridized carbons (Fsp3) is 0.471. The van der Waals surface area contributed by atoms with Crippen LogP contribution in [0.15, 0.2) is 28.7 Å². The van der Waals surface area contributed by atoms with Gasteiger partial charge in [0, 0.05) is 5.39 Å². The van der Waals surface area contributed by atoms with E-state index in [1.54, 1.807) is 6.07 Å². The van der Waals surface area contributed by atoms with Crippen LogP contribution in [0.25, 0.3) is 11.0 Å². The second kappa shape index (κ2) is 5.53. The molecule has 0 spiro atoms. The van der Waals surface area contributed by atoms with E-state index in [1.165, 1.54) is 6.42 Å². The molecule has 1 aliphatic carbocycles. The van der Waals surface area contributed by atoms with Crippen molar-refractivity contribution in [1.82, 2.24) is 5.32 Å². The van der Waals surface area contributed by atoms with Crippen molar-refractivity contribution in [2.24, 2.45) is 0 Å². The summed E-state index contributed by atoms with van der Waals surface area (Å²) in [7, 11) is 0. The second-order valence-corrected chi connectivity index (χ2v) is 6.11. The summed E-state index contributed by atoms with van der Waals surface area (Å²) in [5.41, 5.74) is 1.37. The van der Waals surface area contributed by atoms with Crippen molar-refractivity contribution in [3.8, 4) is 0 Å². The molecule has 2 aromatic rings. The fourth-order valence-electron chi connectivity index (χ4n) is 3.13. The van der Waals surface area contributed by atoms with Crippen molar-refractivity contribution in [2.75, 3.05) is 6.61 Å². The summed E-state index contributed by atoms with van der Waals surface area (Å²) < 4.78 is 5.62. The Bertz CT molecular complexity index is 653. The number of carbonyl (C=O) groups excluding carboxylic acids is 1. The van der Waals surface area contributed by atoms with E-state index in [-0.39, 0.29) is 12.5 Å². The molecule has 1 fully saturated rings. The summed E-state index contributed by atoms with van der Waals surface area (Å²) >= 11 is 0. The van der Waals surface area contributed by atoms with Gasteiger partial charge in [-0.1, -0.05) is 30.9 Å². The van der Waals surface area contributed by atoms with Crippen LogP contribution in [0.2, 0.25) is 0 Å². The Hall–Kier alpha value is -1.81. The highest BCUT2D eigenvalue weighted by Crippen LogP contribution is 2.28. The maximum Gasteiger partial charge on any atom is 0.287 e. The molecule has 0 atom stereocenters. The Kier molecular flexibility index (Phi) is 3.72. The largest absolute Gasteiger partial charge is 0.451 e. The van der Waals surface area contributed by atoms with E-state index in [0.29, 0.717) is 11.3 Å². The number of aliphatic hydroxyl groups excluding tert-OH is 1. The van der Waals surface area contributed by atoms with Gasteiger partial charge >= 0.3 is 0 Å². The molecule has 1 aromatic carbocycles. The lowest BCUT2D eigenvalue weighted by Crippen LogP contribution is -2.52. The van der Waals surface area contributed by atoms with E-state index < -0.39 is 5.54 Å². The van der Waals surface area contributed by atoms with Gasteiger partial charge in [0.25, 0.3) is 5.91 Å². The van der Waals surface area contributed by atoms with Crippen LogP contribution in [0.5, 0.6) is 0 Å². The first-order valence-corrected chi connectivity index (χ1v) is 7.55. The predicted octanol–water partition coefficient (Wildman–Crippen LogP) is 3.17. The van der Waals surface area contributed by atoms with Gasteiger partial charge in [-0.15, -0.1) is 0 Å². The number of carbonyl (C=O) groups is 1. The topological polar surface area (TPSA) is 62.5 Å². The summed E-state index contributed by atoms with van der Waals surface area (Å²) in [4.78, 5) is 12.4. The number of hydrogen-bond donors (Lipinski definition) is 2. The lowest BCUT2D eigenvalue weighted by molar-refractivity contribution is 0.0735. The first kappa shape index (κ1) is 14.1. The second-order valence-electron chi connectivity index (χ2n) is 6.11. The molecule has 1 aliphatic rings. The maximum absolute atomic E-state index is 12.4. The number of rotatable bonds is 3. The Morgan fingerprint density at radius 3 is 2.76 bits per heavy atom. The van der Waals surface area contributed by atoms with Crippen molar-refractivity contribution in [3.63, 3.8) is 0 Å². The number of nitrogens with one attached hydrogen (secondary N) is 1. The molecule has 0 radical (unpaired) electrons. The summed E-state index contributed by atoms with van der Waals surface area (Å²) in [6.45, 7) is 1.99. The summed E-state index contributed by atoms with van der Waals surface area (Å²) in [5.74, 6) is 0.0776. The van der Waals surface area contributed by atoms with Gasteiger partial charge in [-0.25, -0.2) is 0 Å². The summed E-state index contributed by atoms with van der Waals surface area (Å²) in [5, 5.41) is 13.6. The molecule has 0 bridgehead atoms. The molecular weight excluding hydrogens is 266 g/mol. The average molecular weight is 287 g/mol. The number of aliphatic hydroxyl groups is 1. The van der Waals surface area contributed by atoms with Crippen LogP contribution in [0.1, 0.15) is 48.2 Å². The minimum atomic E-state index is -0.482. The van der Waals surface area contributed by atoms with Crippen LogP contribution < -0.4 is 5.32 Å². The van der Waals surface area contributed by atoms with Crippen LogP contribution in [0, 0.1) is 6.92 Å². The highest BCUT2D eigenvalue weighted by molar-refractivity contribution is 5.96. The molecule has 2 N–H and O–H groups in total. The molecule has 1 heterocycles. The lowest BCUT2D eigenvalue weighted by Gasteiger charge is -2.36. The molecule has 4 nitrogen and oxygen atoms in total. The number of aryl methyl sites for hydroxylation is 1. The molecule has 3 rings (SSSR count). The minimum absolute atomic E-state index is 0.0158. The first-order valence-electron chi connectivity index (χ1n) is 7.55. The molecular formula is C17H21NO3. The molecule has 1 aromatic heterocycles. The zero-order chi connectivity index (χ0) is 14.9. The van der Waals surface area contributed by atoms with Gasteiger partial charge in [0.1, 0.15) is 5.58 Å². The Morgan fingerprint density at radius 1 is 1.29 bits per heavy atom. The van der Waals surface area contributed by atoms with Crippen molar-refractivity contribution < 1.29 is 14.3 Å². The molecule has 21 heavy (non-hydrogen) atoms. The van der Waals surface area contributed by atoms with Crippen molar-refractivity contribution in [1.29, 1.82) is 0 Å². The number of furan rings is 1. The Balaban J connectivity index is 1.82. The van der Waals surface area contributed by atoms with Gasteiger partial charge in [-0.3, -0.25) is 4.79 Å². The van der Waals surface area contributed by atoms with E-state index in [2.05, 4.69) is 5.32 Å². The zero-order valence-corrected chi connectivity index (χ0v) is 12.3. The molecule has 1 saturated carbocycles. The van der Waals surface area contributed by atoms with Gasteiger partial charge in [0.2, 0.25) is 0 Å². The number of benzene rings is 1. The number of hydrogen-bond acceptors (Lipinski definition) is 3. The maximum atomic E-state index is 12.4. The number of fused-ring (bicyclic) bond motifs is 1. The van der Waals surface area contributed by atoms with Gasteiger partial charge < -0.3 is 14.8 Å². The third kappa shape index (κ3) is 2.81. The highest BCUT2D eigenvalue weighted by Gasteiger charge is 2.33. The van der Waals surface area contributed by atoms with E-state index in [0.717, 1.165) is 36.6 Å². The Morgan fingerprint density at radius 2 is 2.05 bits per heavy atom. The molecule has 0 saturated heterocycles. The van der Waals surface area contributed by atoms with Crippen LogP contribution >= 0.6 is 0 Å². The normalized spacial score (nSPS) is 17.8. The van der Waals surface area contributed by atoms with Gasteiger partial charge in [-0.05, 0) is 38.0 Å². The number of amides is 1. The standard InChI is InChI=1S/C17H21NO3/c1-12-5-6-14-13(9-12)10-15(21-14)16(20)18-17(11-19)7-3-2-4-8-17/h5-6,9-10,19H,2-4,7-8,11H2,1H3,(H,18,20). The minimum Gasteiger partial charge on any atom is -0.451 e. The predicted molar refractivity (Wildman–Crippen MR) is 81.3 cm³/mol. The SMILES string of the molecule is Cc1ccc2oc(C(=O)NC3(CO)CCCCC3)cc2c1. The molecule has 112 valence electrons. The van der Waals surface area contributed by atoms with Gasteiger partial charge in [0.15, 0.2) is 5.76 Å². The fourth-order valence-corrected chi connectivity index (χ4v) is 3.13. The Labute approximate surface area is 124 Å². The third-order valence-electron chi connectivity index (χ3n) is 4.39. The van der Waals surface area contributed by atoms with Crippen LogP contribution in [-0.4, -0.2) is 23.2 Å². The first-order chi connectivity index (χ1) is 10.1. The zero-order valence-electron chi connectivity index (χ0n) is 12.3. The average Bonchev–Trinajstić information content (AvgIpc) is 2.91. The molecule has 1 amide bonds. The summed E-state index contributed by atoms with van der Waals surface area (Å²) in [6, 6.07) is 7.61. The molecule has 4 heteroatoms. The van der Waals surface area contributed by atoms with Crippen LogP contribution in [0.3, 0.4) is 0 Å². The van der Waals surface area contributed by atoms with E-state index >= 15 is 0 Å². The molecule has 0 unspecified atom stereocenters. The van der Waals surface area contributed by atoms with Crippen molar-refractivity contribution in [3.05, 3.63) is 35.6 Å². The van der Waals surface area contributed by atoms with Crippen LogP contribution in [-0.2, 0) is 0 Å². The van der Waals surface area contributed by atoms with E-state index in [4.69, 9.17) is 4.42 Å². The monoisotopic (exact) mass is 287 g/mol. The quantitative estimate of drug-likeness (QED) is 0.911. The lowest BCUT2D eigenvalue weighted by atomic mass is 9.82. The summed E-state index contributed by atoms with van der Waals surface area (Å²) in [6.07, 6.45) is 4.91. The van der Waals surface area contributed by atoms with Crippen molar-refractivity contribution in [2.45, 2.75) is 44.6 Å². The van der Waals surface area contributed by atoms with E-state index in [1.807, 2.05) is 25.1 Å². The smallest absolute Gasteiger partial charge is 0.287 e. The van der Waals surface area contributed by atoms with Crippen molar-refractivity contribution >= 4 is 16.9 Å². The van der Waals surface area contributed by atoms with Gasteiger partial charge in [-0.2, -0.15) is 0 Å².